The summed E-state index contributed by atoms with van der Waals surface area (Å²) < 4.78 is 51.5. The van der Waals surface area contributed by atoms with Gasteiger partial charge in [-0.15, -0.1) is 0 Å². The van der Waals surface area contributed by atoms with Crippen molar-refractivity contribution in [1.82, 2.24) is 0 Å². The molecule has 0 aliphatic rings. The Kier molecular flexibility index (Phi) is 4.21. The maximum absolute atomic E-state index is 14.1. The molecule has 116 valence electrons. The van der Waals surface area contributed by atoms with Crippen LogP contribution in [-0.4, -0.2) is 11.1 Å². The van der Waals surface area contributed by atoms with Crippen molar-refractivity contribution in [3.05, 3.63) is 59.4 Å². The molecule has 22 heavy (non-hydrogen) atoms. The van der Waals surface area contributed by atoms with E-state index in [4.69, 9.17) is 5.11 Å². The molecule has 0 saturated carbocycles. The lowest BCUT2D eigenvalue weighted by atomic mass is 9.96. The van der Waals surface area contributed by atoms with Gasteiger partial charge in [-0.1, -0.05) is 24.3 Å². The molecular weight excluding hydrogens is 300 g/mol. The standard InChI is InChI=1S/C16H12F4O2/c1-9(15(21)22)11-4-7-13(14(17)8-11)10-2-5-12(6-3-10)16(18,19)20/h2-9H,1H3,(H,21,22)/t9-/m0/s1. The molecule has 0 heterocycles. The van der Waals surface area contributed by atoms with E-state index in [1.807, 2.05) is 0 Å². The summed E-state index contributed by atoms with van der Waals surface area (Å²) in [5.74, 6) is -2.62. The van der Waals surface area contributed by atoms with Gasteiger partial charge < -0.3 is 5.11 Å². The highest BCUT2D eigenvalue weighted by atomic mass is 19.4. The molecule has 0 radical (unpaired) electrons. The lowest BCUT2D eigenvalue weighted by molar-refractivity contribution is -0.138. The Labute approximate surface area is 124 Å². The molecular formula is C16H12F4O2. The minimum atomic E-state index is -4.45. The van der Waals surface area contributed by atoms with Crippen molar-refractivity contribution in [2.45, 2.75) is 19.0 Å². The van der Waals surface area contributed by atoms with Crippen molar-refractivity contribution >= 4 is 5.97 Å². The number of hydrogen-bond donors (Lipinski definition) is 1. The summed E-state index contributed by atoms with van der Waals surface area (Å²) in [6, 6.07) is 8.03. The maximum Gasteiger partial charge on any atom is 0.416 e. The Bertz CT molecular complexity index is 690. The van der Waals surface area contributed by atoms with Crippen LogP contribution in [0.4, 0.5) is 17.6 Å². The molecule has 0 aromatic heterocycles. The number of benzene rings is 2. The minimum Gasteiger partial charge on any atom is -0.481 e. The fourth-order valence-electron chi connectivity index (χ4n) is 2.02. The van der Waals surface area contributed by atoms with Crippen LogP contribution in [0.25, 0.3) is 11.1 Å². The van der Waals surface area contributed by atoms with Crippen LogP contribution in [0.15, 0.2) is 42.5 Å². The summed E-state index contributed by atoms with van der Waals surface area (Å²) in [5.41, 5.74) is -0.108. The molecule has 0 amide bonds. The van der Waals surface area contributed by atoms with Gasteiger partial charge >= 0.3 is 12.1 Å². The summed E-state index contributed by atoms with van der Waals surface area (Å²) in [4.78, 5) is 10.9. The summed E-state index contributed by atoms with van der Waals surface area (Å²) in [5, 5.41) is 8.89. The lowest BCUT2D eigenvalue weighted by Gasteiger charge is -2.11. The van der Waals surface area contributed by atoms with Gasteiger partial charge in [0.2, 0.25) is 0 Å². The highest BCUT2D eigenvalue weighted by Crippen LogP contribution is 2.32. The van der Waals surface area contributed by atoms with Crippen molar-refractivity contribution in [1.29, 1.82) is 0 Å². The number of halogens is 4. The number of aliphatic carboxylic acids is 1. The van der Waals surface area contributed by atoms with E-state index in [0.717, 1.165) is 18.2 Å². The van der Waals surface area contributed by atoms with Gasteiger partial charge in [-0.05, 0) is 36.2 Å². The number of hydrogen-bond acceptors (Lipinski definition) is 1. The van der Waals surface area contributed by atoms with Crippen LogP contribution in [0.1, 0.15) is 24.0 Å². The molecule has 0 fully saturated rings. The Morgan fingerprint density at radius 1 is 1.09 bits per heavy atom. The fraction of sp³-hybridized carbons (Fsp3) is 0.188. The highest BCUT2D eigenvalue weighted by molar-refractivity contribution is 5.76. The van der Waals surface area contributed by atoms with Crippen molar-refractivity contribution in [2.75, 3.05) is 0 Å². The Morgan fingerprint density at radius 3 is 2.14 bits per heavy atom. The molecule has 2 aromatic carbocycles. The van der Waals surface area contributed by atoms with Crippen molar-refractivity contribution in [3.8, 4) is 11.1 Å². The second-order valence-corrected chi connectivity index (χ2v) is 4.87. The number of carboxylic acids is 1. The quantitative estimate of drug-likeness (QED) is 0.834. The zero-order chi connectivity index (χ0) is 16.5. The maximum atomic E-state index is 14.1. The fourth-order valence-corrected chi connectivity index (χ4v) is 2.02. The molecule has 6 heteroatoms. The smallest absolute Gasteiger partial charge is 0.416 e. The van der Waals surface area contributed by atoms with E-state index in [-0.39, 0.29) is 5.56 Å². The zero-order valence-corrected chi connectivity index (χ0v) is 11.5. The van der Waals surface area contributed by atoms with Gasteiger partial charge in [-0.25, -0.2) is 4.39 Å². The minimum absolute atomic E-state index is 0.120. The molecule has 0 spiro atoms. The molecule has 1 atom stereocenters. The average Bonchev–Trinajstić information content (AvgIpc) is 2.45. The van der Waals surface area contributed by atoms with E-state index in [1.54, 1.807) is 0 Å². The van der Waals surface area contributed by atoms with Crippen LogP contribution in [-0.2, 0) is 11.0 Å². The lowest BCUT2D eigenvalue weighted by Crippen LogP contribution is -2.07. The van der Waals surface area contributed by atoms with Gasteiger partial charge in [-0.2, -0.15) is 13.2 Å². The normalized spacial score (nSPS) is 13.0. The highest BCUT2D eigenvalue weighted by Gasteiger charge is 2.30. The molecule has 0 aliphatic heterocycles. The van der Waals surface area contributed by atoms with Gasteiger partial charge in [-0.3, -0.25) is 4.79 Å². The second kappa shape index (κ2) is 5.79. The van der Waals surface area contributed by atoms with Crippen molar-refractivity contribution < 1.29 is 27.5 Å². The van der Waals surface area contributed by atoms with E-state index in [1.165, 1.54) is 31.2 Å². The Hall–Kier alpha value is -2.37. The summed E-state index contributed by atoms with van der Waals surface area (Å²) in [6.45, 7) is 1.43. The molecule has 2 aromatic rings. The second-order valence-electron chi connectivity index (χ2n) is 4.87. The Morgan fingerprint density at radius 2 is 1.68 bits per heavy atom. The predicted molar refractivity (Wildman–Crippen MR) is 72.9 cm³/mol. The summed E-state index contributed by atoms with van der Waals surface area (Å²) in [7, 11) is 0. The average molecular weight is 312 g/mol. The number of alkyl halides is 3. The van der Waals surface area contributed by atoms with E-state index in [0.29, 0.717) is 11.1 Å². The van der Waals surface area contributed by atoms with Crippen molar-refractivity contribution in [3.63, 3.8) is 0 Å². The molecule has 0 bridgehead atoms. The van der Waals surface area contributed by atoms with E-state index in [9.17, 15) is 22.4 Å². The molecule has 2 rings (SSSR count). The van der Waals surface area contributed by atoms with Crippen LogP contribution in [0.3, 0.4) is 0 Å². The largest absolute Gasteiger partial charge is 0.481 e. The SMILES string of the molecule is C[C@H](C(=O)O)c1ccc(-c2ccc(C(F)(F)F)cc2)c(F)c1. The van der Waals surface area contributed by atoms with E-state index < -0.39 is 29.4 Å². The van der Waals surface area contributed by atoms with Gasteiger partial charge in [0, 0.05) is 5.56 Å². The first-order chi connectivity index (χ1) is 10.2. The number of carbonyl (C=O) groups is 1. The predicted octanol–water partition coefficient (Wildman–Crippen LogP) is 4.70. The van der Waals surface area contributed by atoms with Crippen molar-refractivity contribution in [2.24, 2.45) is 0 Å². The van der Waals surface area contributed by atoms with E-state index in [2.05, 4.69) is 0 Å². The molecule has 0 unspecified atom stereocenters. The summed E-state index contributed by atoms with van der Waals surface area (Å²) >= 11 is 0. The van der Waals surface area contributed by atoms with Crippen LogP contribution in [0.5, 0.6) is 0 Å². The zero-order valence-electron chi connectivity index (χ0n) is 11.5. The van der Waals surface area contributed by atoms with Crippen LogP contribution >= 0.6 is 0 Å². The van der Waals surface area contributed by atoms with Gasteiger partial charge in [0.15, 0.2) is 0 Å². The third-order valence-electron chi connectivity index (χ3n) is 3.39. The molecule has 1 N–H and O–H groups in total. The molecule has 0 saturated heterocycles. The third kappa shape index (κ3) is 3.27. The molecule has 2 nitrogen and oxygen atoms in total. The van der Waals surface area contributed by atoms with Crippen LogP contribution < -0.4 is 0 Å². The first kappa shape index (κ1) is 16.0. The van der Waals surface area contributed by atoms with Crippen LogP contribution in [0.2, 0.25) is 0 Å². The third-order valence-corrected chi connectivity index (χ3v) is 3.39. The first-order valence-electron chi connectivity index (χ1n) is 6.40. The topological polar surface area (TPSA) is 37.3 Å². The van der Waals surface area contributed by atoms with Crippen LogP contribution in [0, 0.1) is 5.82 Å². The Balaban J connectivity index is 2.36. The van der Waals surface area contributed by atoms with Gasteiger partial charge in [0.25, 0.3) is 0 Å². The van der Waals surface area contributed by atoms with Gasteiger partial charge in [0.05, 0.1) is 11.5 Å². The monoisotopic (exact) mass is 312 g/mol. The van der Waals surface area contributed by atoms with Gasteiger partial charge in [0.1, 0.15) is 5.82 Å². The number of rotatable bonds is 3. The van der Waals surface area contributed by atoms with E-state index >= 15 is 0 Å². The summed E-state index contributed by atoms with van der Waals surface area (Å²) in [6.07, 6.45) is -4.45. The number of carboxylic acid groups (broad SMARTS) is 1. The first-order valence-corrected chi connectivity index (χ1v) is 6.40. The molecule has 0 aliphatic carbocycles.